The summed E-state index contributed by atoms with van der Waals surface area (Å²) in [5.41, 5.74) is -1.53. The molecule has 3 amide bonds. The summed E-state index contributed by atoms with van der Waals surface area (Å²) < 4.78 is 12.2. The number of carbonyl (C=O) groups is 3. The predicted molar refractivity (Wildman–Crippen MR) is 142 cm³/mol. The number of likely N-dealkylation sites (tertiary alicyclic amines) is 1. The molecule has 4 aliphatic rings. The molecule has 38 heavy (non-hydrogen) atoms. The van der Waals surface area contributed by atoms with E-state index in [0.29, 0.717) is 50.3 Å². The van der Waals surface area contributed by atoms with Gasteiger partial charge in [0.2, 0.25) is 11.8 Å². The van der Waals surface area contributed by atoms with E-state index in [0.717, 1.165) is 6.42 Å². The second-order valence-corrected chi connectivity index (χ2v) is 10.6. The molecule has 1 aromatic rings. The Balaban J connectivity index is 1.60. The largest absolute Gasteiger partial charge is 0.497 e. The number of anilines is 1. The summed E-state index contributed by atoms with van der Waals surface area (Å²) in [5, 5.41) is 9.24. The lowest BCUT2D eigenvalue weighted by Gasteiger charge is -2.38. The normalized spacial score (nSPS) is 32.3. The van der Waals surface area contributed by atoms with Crippen molar-refractivity contribution < 1.29 is 29.0 Å². The van der Waals surface area contributed by atoms with E-state index in [-0.39, 0.29) is 24.3 Å². The van der Waals surface area contributed by atoms with Crippen LogP contribution in [0.5, 0.6) is 5.75 Å². The summed E-state index contributed by atoms with van der Waals surface area (Å²) in [6, 6.07) is 6.36. The lowest BCUT2D eigenvalue weighted by Crippen LogP contribution is -2.56. The number of hydrogen-bond donors (Lipinski definition) is 1. The fourth-order valence-corrected chi connectivity index (χ4v) is 6.69. The Bertz CT molecular complexity index is 1150. The van der Waals surface area contributed by atoms with Crippen molar-refractivity contribution in [2.45, 2.75) is 49.9 Å². The number of nitrogens with zero attached hydrogens (tertiary/aromatic N) is 3. The molecule has 5 atom stereocenters. The molecule has 1 N–H and O–H groups in total. The summed E-state index contributed by atoms with van der Waals surface area (Å²) in [7, 11) is 3.33. The summed E-state index contributed by atoms with van der Waals surface area (Å²) in [6.45, 7) is 3.16. The van der Waals surface area contributed by atoms with Crippen molar-refractivity contribution in [3.05, 3.63) is 48.6 Å². The van der Waals surface area contributed by atoms with Crippen molar-refractivity contribution in [1.29, 1.82) is 0 Å². The maximum Gasteiger partial charge on any atom is 0.253 e. The molecule has 0 aromatic heterocycles. The average molecular weight is 524 g/mol. The first kappa shape index (κ1) is 26.4. The Morgan fingerprint density at radius 3 is 2.39 bits per heavy atom. The number of rotatable bonds is 8. The van der Waals surface area contributed by atoms with Crippen molar-refractivity contribution >= 4 is 23.4 Å². The van der Waals surface area contributed by atoms with Crippen LogP contribution in [0.1, 0.15) is 32.6 Å². The third kappa shape index (κ3) is 3.94. The molecule has 1 spiro atoms. The van der Waals surface area contributed by atoms with Gasteiger partial charge in [0.05, 0.1) is 24.5 Å². The zero-order chi connectivity index (χ0) is 27.1. The minimum atomic E-state index is -1.26. The van der Waals surface area contributed by atoms with Crippen molar-refractivity contribution in [2.24, 2.45) is 11.8 Å². The van der Waals surface area contributed by atoms with Gasteiger partial charge in [0, 0.05) is 39.0 Å². The molecule has 0 aliphatic carbocycles. The molecule has 1 unspecified atom stereocenters. The molecule has 1 aromatic carbocycles. The summed E-state index contributed by atoms with van der Waals surface area (Å²) in [4.78, 5) is 47.4. The zero-order valence-electron chi connectivity index (χ0n) is 22.3. The lowest BCUT2D eigenvalue weighted by molar-refractivity contribution is -0.149. The number of hydrogen-bond acceptors (Lipinski definition) is 6. The Hall–Kier alpha value is -3.17. The molecule has 204 valence electrons. The van der Waals surface area contributed by atoms with Gasteiger partial charge in [-0.2, -0.15) is 0 Å². The standard InChI is InChI=1S/C29H37N3O6/c1-4-28-14-8-16-30(2)25(34)22(28)23-26(35)32(17-6-5-7-19-33)24-27(36)31(18-9-15-29(23,24)38-28)20-10-12-21(37-3)13-11-20/h8-15,22-24,33H,4-7,16-19H2,1-3H3/t22-,23-,24?,28+,29-/m0/s1. The number of aliphatic hydroxyl groups is 1. The van der Waals surface area contributed by atoms with Gasteiger partial charge >= 0.3 is 0 Å². The first-order valence-electron chi connectivity index (χ1n) is 13.5. The summed E-state index contributed by atoms with van der Waals surface area (Å²) >= 11 is 0. The average Bonchev–Trinajstić information content (AvgIpc) is 3.22. The van der Waals surface area contributed by atoms with Crippen molar-refractivity contribution in [3.63, 3.8) is 0 Å². The molecule has 0 bridgehead atoms. The van der Waals surface area contributed by atoms with Gasteiger partial charge in [-0.1, -0.05) is 31.2 Å². The number of aliphatic hydroxyl groups excluding tert-OH is 1. The van der Waals surface area contributed by atoms with Gasteiger partial charge in [0.1, 0.15) is 17.4 Å². The van der Waals surface area contributed by atoms with Gasteiger partial charge in [-0.25, -0.2) is 0 Å². The number of fused-ring (bicyclic) bond motifs is 2. The van der Waals surface area contributed by atoms with E-state index in [9.17, 15) is 19.5 Å². The molecule has 4 aliphatic heterocycles. The van der Waals surface area contributed by atoms with Crippen molar-refractivity contribution in [2.75, 3.05) is 45.3 Å². The lowest BCUT2D eigenvalue weighted by atomic mass is 9.73. The van der Waals surface area contributed by atoms with Crippen LogP contribution in [-0.4, -0.2) is 90.3 Å². The number of ether oxygens (including phenoxy) is 2. The van der Waals surface area contributed by atoms with E-state index < -0.39 is 29.1 Å². The highest BCUT2D eigenvalue weighted by molar-refractivity contribution is 6.06. The molecule has 4 heterocycles. The van der Waals surface area contributed by atoms with Crippen LogP contribution in [0, 0.1) is 11.8 Å². The molecule has 5 rings (SSSR count). The number of amides is 3. The van der Waals surface area contributed by atoms with Crippen LogP contribution in [0.3, 0.4) is 0 Å². The Labute approximate surface area is 223 Å². The second-order valence-electron chi connectivity index (χ2n) is 10.6. The van der Waals surface area contributed by atoms with Crippen LogP contribution in [0.15, 0.2) is 48.6 Å². The maximum absolute atomic E-state index is 14.4. The summed E-state index contributed by atoms with van der Waals surface area (Å²) in [6.07, 6.45) is 10.1. The monoisotopic (exact) mass is 523 g/mol. The van der Waals surface area contributed by atoms with Gasteiger partial charge < -0.3 is 29.3 Å². The van der Waals surface area contributed by atoms with E-state index >= 15 is 0 Å². The molecular formula is C29H37N3O6. The minimum absolute atomic E-state index is 0.0776. The van der Waals surface area contributed by atoms with Crippen LogP contribution in [-0.2, 0) is 19.1 Å². The summed E-state index contributed by atoms with van der Waals surface area (Å²) in [5.74, 6) is -1.43. The molecule has 2 fully saturated rings. The van der Waals surface area contributed by atoms with E-state index in [1.54, 1.807) is 41.0 Å². The van der Waals surface area contributed by atoms with Crippen molar-refractivity contribution in [1.82, 2.24) is 9.80 Å². The highest BCUT2D eigenvalue weighted by atomic mass is 16.5. The van der Waals surface area contributed by atoms with Gasteiger partial charge in [-0.05, 0) is 49.9 Å². The topological polar surface area (TPSA) is 99.6 Å². The molecule has 0 radical (unpaired) electrons. The number of carbonyl (C=O) groups excluding carboxylic acids is 3. The van der Waals surface area contributed by atoms with Crippen LogP contribution in [0.25, 0.3) is 0 Å². The Kier molecular flexibility index (Phi) is 7.09. The third-order valence-electron chi connectivity index (χ3n) is 8.58. The SMILES string of the molecule is CC[C@@]12C=CCN(C)C(=O)[C@@H]1[C@H]1C(=O)N(CCCCCO)C3C(=O)N(c4ccc(OC)cc4)CC=C[C@@]31O2. The van der Waals surface area contributed by atoms with Gasteiger partial charge in [0.15, 0.2) is 0 Å². The van der Waals surface area contributed by atoms with E-state index in [2.05, 4.69) is 0 Å². The Morgan fingerprint density at radius 1 is 0.974 bits per heavy atom. The van der Waals surface area contributed by atoms with Gasteiger partial charge in [-0.15, -0.1) is 0 Å². The Morgan fingerprint density at radius 2 is 1.71 bits per heavy atom. The van der Waals surface area contributed by atoms with Gasteiger partial charge in [-0.3, -0.25) is 14.4 Å². The zero-order valence-corrected chi connectivity index (χ0v) is 22.3. The van der Waals surface area contributed by atoms with Crippen LogP contribution < -0.4 is 9.64 Å². The quantitative estimate of drug-likeness (QED) is 0.414. The van der Waals surface area contributed by atoms with Crippen LogP contribution in [0.2, 0.25) is 0 Å². The molecule has 9 heteroatoms. The predicted octanol–water partition coefficient (Wildman–Crippen LogP) is 2.15. The minimum Gasteiger partial charge on any atom is -0.497 e. The fourth-order valence-electron chi connectivity index (χ4n) is 6.69. The number of unbranched alkanes of at least 4 members (excludes halogenated alkanes) is 2. The first-order chi connectivity index (χ1) is 18.3. The van der Waals surface area contributed by atoms with Crippen molar-refractivity contribution in [3.8, 4) is 5.75 Å². The second kappa shape index (κ2) is 10.2. The third-order valence-corrected chi connectivity index (χ3v) is 8.58. The van der Waals surface area contributed by atoms with E-state index in [1.807, 2.05) is 43.4 Å². The highest BCUT2D eigenvalue weighted by Gasteiger charge is 2.75. The maximum atomic E-state index is 14.4. The van der Waals surface area contributed by atoms with Crippen LogP contribution >= 0.6 is 0 Å². The van der Waals surface area contributed by atoms with E-state index in [1.165, 1.54) is 0 Å². The molecule has 0 saturated carbocycles. The smallest absolute Gasteiger partial charge is 0.253 e. The molecular weight excluding hydrogens is 486 g/mol. The van der Waals surface area contributed by atoms with Crippen LogP contribution in [0.4, 0.5) is 5.69 Å². The number of benzene rings is 1. The fraction of sp³-hybridized carbons (Fsp3) is 0.552. The number of likely N-dealkylation sites (N-methyl/N-ethyl adjacent to an activating group) is 1. The molecule has 2 saturated heterocycles. The van der Waals surface area contributed by atoms with Gasteiger partial charge in [0.25, 0.3) is 5.91 Å². The molecule has 9 nitrogen and oxygen atoms in total. The van der Waals surface area contributed by atoms with E-state index in [4.69, 9.17) is 9.47 Å². The highest BCUT2D eigenvalue weighted by Crippen LogP contribution is 2.58. The number of methoxy groups -OCH3 is 1. The first-order valence-corrected chi connectivity index (χ1v) is 13.5.